The summed E-state index contributed by atoms with van der Waals surface area (Å²) in [5.41, 5.74) is 1.34. The van der Waals surface area contributed by atoms with Crippen LogP contribution in [0, 0.1) is 0 Å². The van der Waals surface area contributed by atoms with Crippen molar-refractivity contribution in [1.82, 2.24) is 5.32 Å². The molecule has 0 saturated carbocycles. The first-order valence-electron chi connectivity index (χ1n) is 7.46. The summed E-state index contributed by atoms with van der Waals surface area (Å²) in [6, 6.07) is 12.4. The second kappa shape index (κ2) is 7.77. The number of ether oxygens (including phenoxy) is 1. The molecule has 2 N–H and O–H groups in total. The maximum Gasteiger partial charge on any atom is 0.319 e. The molecular formula is C18H20Cl2N2O2. The number of benzene rings is 2. The van der Waals surface area contributed by atoms with Gasteiger partial charge in [-0.05, 0) is 35.9 Å². The Kier molecular flexibility index (Phi) is 5.97. The van der Waals surface area contributed by atoms with Crippen LogP contribution < -0.4 is 15.4 Å². The van der Waals surface area contributed by atoms with Gasteiger partial charge in [-0.25, -0.2) is 4.79 Å². The van der Waals surface area contributed by atoms with Gasteiger partial charge in [0.25, 0.3) is 0 Å². The third-order valence-corrected chi connectivity index (χ3v) is 4.30. The lowest BCUT2D eigenvalue weighted by Crippen LogP contribution is -2.39. The van der Waals surface area contributed by atoms with Gasteiger partial charge in [0.05, 0.1) is 17.8 Å². The van der Waals surface area contributed by atoms with Gasteiger partial charge in [0.15, 0.2) is 0 Å². The van der Waals surface area contributed by atoms with Crippen LogP contribution in [0.2, 0.25) is 10.0 Å². The molecule has 24 heavy (non-hydrogen) atoms. The van der Waals surface area contributed by atoms with E-state index in [4.69, 9.17) is 27.9 Å². The minimum atomic E-state index is -0.333. The molecule has 0 saturated heterocycles. The Labute approximate surface area is 152 Å². The van der Waals surface area contributed by atoms with Gasteiger partial charge in [0.1, 0.15) is 5.75 Å². The SMILES string of the molecule is COc1ccc(C(C)(C)CNC(=O)Nc2cc(Cl)ccc2Cl)cc1. The lowest BCUT2D eigenvalue weighted by atomic mass is 9.84. The maximum atomic E-state index is 12.1. The summed E-state index contributed by atoms with van der Waals surface area (Å²) in [5.74, 6) is 0.802. The Bertz CT molecular complexity index is 715. The summed E-state index contributed by atoms with van der Waals surface area (Å²) in [6.45, 7) is 4.58. The zero-order chi connectivity index (χ0) is 17.7. The fourth-order valence-electron chi connectivity index (χ4n) is 2.21. The van der Waals surface area contributed by atoms with Gasteiger partial charge in [-0.2, -0.15) is 0 Å². The number of hydrogen-bond acceptors (Lipinski definition) is 2. The average Bonchev–Trinajstić information content (AvgIpc) is 2.56. The molecule has 0 radical (unpaired) electrons. The summed E-state index contributed by atoms with van der Waals surface area (Å²) in [6.07, 6.45) is 0. The van der Waals surface area contributed by atoms with Crippen molar-refractivity contribution in [3.05, 3.63) is 58.1 Å². The zero-order valence-corrected chi connectivity index (χ0v) is 15.3. The summed E-state index contributed by atoms with van der Waals surface area (Å²) in [7, 11) is 1.63. The molecule has 0 heterocycles. The Balaban J connectivity index is 1.97. The van der Waals surface area contributed by atoms with Crippen LogP contribution in [0.4, 0.5) is 10.5 Å². The first-order valence-corrected chi connectivity index (χ1v) is 8.22. The fourth-order valence-corrected chi connectivity index (χ4v) is 2.54. The third-order valence-electron chi connectivity index (χ3n) is 3.74. The van der Waals surface area contributed by atoms with Crippen molar-refractivity contribution in [1.29, 1.82) is 0 Å². The summed E-state index contributed by atoms with van der Waals surface area (Å²) >= 11 is 12.0. The van der Waals surface area contributed by atoms with Crippen molar-refractivity contribution < 1.29 is 9.53 Å². The van der Waals surface area contributed by atoms with Crippen molar-refractivity contribution in [2.45, 2.75) is 19.3 Å². The van der Waals surface area contributed by atoms with E-state index in [2.05, 4.69) is 24.5 Å². The maximum absolute atomic E-state index is 12.1. The van der Waals surface area contributed by atoms with Gasteiger partial charge in [-0.15, -0.1) is 0 Å². The second-order valence-electron chi connectivity index (χ2n) is 6.04. The second-order valence-corrected chi connectivity index (χ2v) is 6.89. The van der Waals surface area contributed by atoms with E-state index >= 15 is 0 Å². The molecule has 2 amide bonds. The van der Waals surface area contributed by atoms with Crippen LogP contribution in [0.15, 0.2) is 42.5 Å². The smallest absolute Gasteiger partial charge is 0.319 e. The van der Waals surface area contributed by atoms with E-state index in [0.29, 0.717) is 22.3 Å². The van der Waals surface area contributed by atoms with Gasteiger partial charge < -0.3 is 15.4 Å². The predicted octanol–water partition coefficient (Wildman–Crippen LogP) is 5.10. The van der Waals surface area contributed by atoms with E-state index in [0.717, 1.165) is 11.3 Å². The number of carbonyl (C=O) groups is 1. The Hall–Kier alpha value is -1.91. The number of nitrogens with one attached hydrogen (secondary N) is 2. The molecule has 0 aliphatic heterocycles. The standard InChI is InChI=1S/C18H20Cl2N2O2/c1-18(2,12-4-7-14(24-3)8-5-12)11-21-17(23)22-16-10-13(19)6-9-15(16)20/h4-10H,11H2,1-3H3,(H2,21,22,23). The largest absolute Gasteiger partial charge is 0.497 e. The average molecular weight is 367 g/mol. The van der Waals surface area contributed by atoms with Gasteiger partial charge >= 0.3 is 6.03 Å². The van der Waals surface area contributed by atoms with Crippen molar-refractivity contribution in [2.75, 3.05) is 19.0 Å². The summed E-state index contributed by atoms with van der Waals surface area (Å²) in [4.78, 5) is 12.1. The molecule has 0 unspecified atom stereocenters. The highest BCUT2D eigenvalue weighted by Gasteiger charge is 2.21. The molecule has 2 rings (SSSR count). The number of anilines is 1. The van der Waals surface area contributed by atoms with Crippen LogP contribution in [0.3, 0.4) is 0 Å². The molecule has 0 aromatic heterocycles. The van der Waals surface area contributed by atoms with Crippen molar-refractivity contribution in [2.24, 2.45) is 0 Å². The van der Waals surface area contributed by atoms with E-state index in [1.165, 1.54) is 0 Å². The molecule has 0 aliphatic carbocycles. The first-order chi connectivity index (χ1) is 11.3. The molecule has 0 atom stereocenters. The molecule has 128 valence electrons. The van der Waals surface area contributed by atoms with Crippen LogP contribution in [0.5, 0.6) is 5.75 Å². The van der Waals surface area contributed by atoms with Crippen LogP contribution in [0.1, 0.15) is 19.4 Å². The van der Waals surface area contributed by atoms with E-state index in [1.807, 2.05) is 24.3 Å². The monoisotopic (exact) mass is 366 g/mol. The Morgan fingerprint density at radius 1 is 1.12 bits per heavy atom. The molecular weight excluding hydrogens is 347 g/mol. The quantitative estimate of drug-likeness (QED) is 0.772. The van der Waals surface area contributed by atoms with Gasteiger partial charge in [-0.1, -0.05) is 49.2 Å². The summed E-state index contributed by atoms with van der Waals surface area (Å²) in [5, 5.41) is 6.51. The first kappa shape index (κ1) is 18.4. The van der Waals surface area contributed by atoms with Crippen LogP contribution >= 0.6 is 23.2 Å². The number of carbonyl (C=O) groups excluding carboxylic acids is 1. The normalized spacial score (nSPS) is 11.0. The third kappa shape index (κ3) is 4.79. The van der Waals surface area contributed by atoms with E-state index < -0.39 is 0 Å². The molecule has 0 fully saturated rings. The number of halogens is 2. The van der Waals surface area contributed by atoms with E-state index in [1.54, 1.807) is 25.3 Å². The highest BCUT2D eigenvalue weighted by atomic mass is 35.5. The van der Waals surface area contributed by atoms with Crippen LogP contribution in [-0.2, 0) is 5.41 Å². The Morgan fingerprint density at radius 3 is 2.42 bits per heavy atom. The highest BCUT2D eigenvalue weighted by molar-refractivity contribution is 6.35. The lowest BCUT2D eigenvalue weighted by molar-refractivity contribution is 0.249. The number of urea groups is 1. The molecule has 4 nitrogen and oxygen atoms in total. The minimum Gasteiger partial charge on any atom is -0.497 e. The zero-order valence-electron chi connectivity index (χ0n) is 13.8. The molecule has 0 spiro atoms. The summed E-state index contributed by atoms with van der Waals surface area (Å²) < 4.78 is 5.16. The van der Waals surface area contributed by atoms with Crippen molar-refractivity contribution in [3.63, 3.8) is 0 Å². The number of rotatable bonds is 5. The van der Waals surface area contributed by atoms with Crippen molar-refractivity contribution >= 4 is 34.9 Å². The number of hydrogen-bond donors (Lipinski definition) is 2. The number of methoxy groups -OCH3 is 1. The number of amides is 2. The molecule has 6 heteroatoms. The Morgan fingerprint density at radius 2 is 1.79 bits per heavy atom. The van der Waals surface area contributed by atoms with Crippen LogP contribution in [0.25, 0.3) is 0 Å². The fraction of sp³-hybridized carbons (Fsp3) is 0.278. The molecule has 2 aromatic carbocycles. The van der Waals surface area contributed by atoms with E-state index in [-0.39, 0.29) is 11.4 Å². The van der Waals surface area contributed by atoms with Gasteiger partial charge in [0.2, 0.25) is 0 Å². The molecule has 0 aliphatic rings. The predicted molar refractivity (Wildman–Crippen MR) is 99.5 cm³/mol. The van der Waals surface area contributed by atoms with Crippen LogP contribution in [-0.4, -0.2) is 19.7 Å². The van der Waals surface area contributed by atoms with Gasteiger partial charge in [-0.3, -0.25) is 0 Å². The molecule has 0 bridgehead atoms. The minimum absolute atomic E-state index is 0.234. The molecule has 2 aromatic rings. The lowest BCUT2D eigenvalue weighted by Gasteiger charge is -2.26. The van der Waals surface area contributed by atoms with Gasteiger partial charge in [0, 0.05) is 17.0 Å². The van der Waals surface area contributed by atoms with Crippen molar-refractivity contribution in [3.8, 4) is 5.75 Å². The van der Waals surface area contributed by atoms with E-state index in [9.17, 15) is 4.79 Å². The topological polar surface area (TPSA) is 50.4 Å². The highest BCUT2D eigenvalue weighted by Crippen LogP contribution is 2.26.